The van der Waals surface area contributed by atoms with E-state index in [2.05, 4.69) is 42.3 Å². The van der Waals surface area contributed by atoms with Crippen molar-refractivity contribution >= 4 is 17.0 Å². The SMILES string of the molecule is O=c1[nH]c2ncnc(N3CCNC(COCc4ccccc4)C3)c2[nH]1. The number of hydrogen-bond donors (Lipinski definition) is 3. The molecule has 8 heteroatoms. The van der Waals surface area contributed by atoms with Crippen molar-refractivity contribution in [3.63, 3.8) is 0 Å². The molecule has 2 aromatic heterocycles. The summed E-state index contributed by atoms with van der Waals surface area (Å²) < 4.78 is 5.85. The van der Waals surface area contributed by atoms with Gasteiger partial charge in [-0.3, -0.25) is 4.98 Å². The molecule has 130 valence electrons. The van der Waals surface area contributed by atoms with Crippen molar-refractivity contribution in [2.45, 2.75) is 12.6 Å². The van der Waals surface area contributed by atoms with Crippen LogP contribution in [0.5, 0.6) is 0 Å². The highest BCUT2D eigenvalue weighted by Gasteiger charge is 2.23. The lowest BCUT2D eigenvalue weighted by Crippen LogP contribution is -2.53. The van der Waals surface area contributed by atoms with Crippen LogP contribution >= 0.6 is 0 Å². The predicted octanol–water partition coefficient (Wildman–Crippen LogP) is 0.641. The monoisotopic (exact) mass is 340 g/mol. The number of ether oxygens (including phenoxy) is 1. The summed E-state index contributed by atoms with van der Waals surface area (Å²) >= 11 is 0. The largest absolute Gasteiger partial charge is 0.375 e. The molecular weight excluding hydrogens is 320 g/mol. The minimum absolute atomic E-state index is 0.202. The molecule has 0 amide bonds. The Hall–Kier alpha value is -2.71. The normalized spacial score (nSPS) is 17.9. The van der Waals surface area contributed by atoms with E-state index >= 15 is 0 Å². The number of fused-ring (bicyclic) bond motifs is 1. The Labute approximate surface area is 144 Å². The van der Waals surface area contributed by atoms with Gasteiger partial charge in [-0.05, 0) is 5.56 Å². The lowest BCUT2D eigenvalue weighted by Gasteiger charge is -2.34. The maximum absolute atomic E-state index is 11.5. The summed E-state index contributed by atoms with van der Waals surface area (Å²) in [5.74, 6) is 0.748. The van der Waals surface area contributed by atoms with Crippen molar-refractivity contribution < 1.29 is 4.74 Å². The minimum Gasteiger partial charge on any atom is -0.375 e. The quantitative estimate of drug-likeness (QED) is 0.630. The van der Waals surface area contributed by atoms with E-state index in [4.69, 9.17) is 4.74 Å². The van der Waals surface area contributed by atoms with E-state index in [9.17, 15) is 4.79 Å². The smallest absolute Gasteiger partial charge is 0.325 e. The van der Waals surface area contributed by atoms with E-state index in [1.807, 2.05) is 18.2 Å². The highest BCUT2D eigenvalue weighted by atomic mass is 16.5. The van der Waals surface area contributed by atoms with Crippen LogP contribution in [0.1, 0.15) is 5.56 Å². The van der Waals surface area contributed by atoms with Crippen molar-refractivity contribution in [3.05, 3.63) is 52.7 Å². The molecule has 0 aliphatic carbocycles. The second-order valence-electron chi connectivity index (χ2n) is 6.10. The number of H-pyrrole nitrogens is 2. The van der Waals surface area contributed by atoms with Crippen LogP contribution in [0.15, 0.2) is 41.5 Å². The molecule has 1 saturated heterocycles. The highest BCUT2D eigenvalue weighted by molar-refractivity contribution is 5.82. The van der Waals surface area contributed by atoms with Gasteiger partial charge < -0.3 is 19.9 Å². The first-order valence-corrected chi connectivity index (χ1v) is 8.32. The van der Waals surface area contributed by atoms with Crippen molar-refractivity contribution in [1.82, 2.24) is 25.3 Å². The fraction of sp³-hybridized carbons (Fsp3) is 0.353. The molecule has 3 heterocycles. The fourth-order valence-corrected chi connectivity index (χ4v) is 3.10. The van der Waals surface area contributed by atoms with Crippen LogP contribution in [0.3, 0.4) is 0 Å². The molecule has 0 radical (unpaired) electrons. The second-order valence-corrected chi connectivity index (χ2v) is 6.10. The van der Waals surface area contributed by atoms with E-state index in [0.29, 0.717) is 24.4 Å². The van der Waals surface area contributed by atoms with Crippen LogP contribution in [0.25, 0.3) is 11.2 Å². The number of nitrogens with one attached hydrogen (secondary N) is 3. The molecule has 0 saturated carbocycles. The summed E-state index contributed by atoms with van der Waals surface area (Å²) in [6.45, 7) is 3.62. The summed E-state index contributed by atoms with van der Waals surface area (Å²) in [5, 5.41) is 3.47. The van der Waals surface area contributed by atoms with Gasteiger partial charge in [0.25, 0.3) is 0 Å². The van der Waals surface area contributed by atoms with Crippen LogP contribution in [0.4, 0.5) is 5.82 Å². The maximum Gasteiger partial charge on any atom is 0.325 e. The molecule has 1 aliphatic heterocycles. The average Bonchev–Trinajstić information content (AvgIpc) is 3.03. The van der Waals surface area contributed by atoms with Crippen molar-refractivity contribution in [2.75, 3.05) is 31.1 Å². The third-order valence-electron chi connectivity index (χ3n) is 4.28. The Balaban J connectivity index is 1.41. The molecule has 0 spiro atoms. The number of anilines is 1. The molecule has 25 heavy (non-hydrogen) atoms. The number of rotatable bonds is 5. The standard InChI is InChI=1S/C17H20N6O2/c24-17-21-14-15(22-17)19-11-20-16(14)23-7-6-18-13(8-23)10-25-9-12-4-2-1-3-5-12/h1-5,11,13,18H,6-10H2,(H2,19,20,21,22,24). The summed E-state index contributed by atoms with van der Waals surface area (Å²) in [4.78, 5) is 27.6. The molecule has 3 N–H and O–H groups in total. The Morgan fingerprint density at radius 3 is 2.96 bits per heavy atom. The number of nitrogens with zero attached hydrogens (tertiary/aromatic N) is 3. The van der Waals surface area contributed by atoms with Gasteiger partial charge in [-0.2, -0.15) is 0 Å². The molecule has 1 aromatic carbocycles. The van der Waals surface area contributed by atoms with Crippen LogP contribution < -0.4 is 15.9 Å². The molecule has 1 aliphatic rings. The zero-order chi connectivity index (χ0) is 17.1. The highest BCUT2D eigenvalue weighted by Crippen LogP contribution is 2.19. The van der Waals surface area contributed by atoms with E-state index in [1.165, 1.54) is 6.33 Å². The number of hydrogen-bond acceptors (Lipinski definition) is 6. The van der Waals surface area contributed by atoms with Crippen LogP contribution in [-0.4, -0.2) is 52.2 Å². The molecule has 1 unspecified atom stereocenters. The maximum atomic E-state index is 11.5. The van der Waals surface area contributed by atoms with Gasteiger partial charge in [0, 0.05) is 25.7 Å². The molecule has 0 bridgehead atoms. The Morgan fingerprint density at radius 1 is 1.20 bits per heavy atom. The number of aromatic nitrogens is 4. The van der Waals surface area contributed by atoms with Gasteiger partial charge in [0.15, 0.2) is 11.5 Å². The van der Waals surface area contributed by atoms with Gasteiger partial charge in [-0.15, -0.1) is 0 Å². The zero-order valence-corrected chi connectivity index (χ0v) is 13.7. The van der Waals surface area contributed by atoms with E-state index < -0.39 is 0 Å². The fourth-order valence-electron chi connectivity index (χ4n) is 3.10. The first kappa shape index (κ1) is 15.8. The zero-order valence-electron chi connectivity index (χ0n) is 13.7. The molecule has 1 atom stereocenters. The van der Waals surface area contributed by atoms with Crippen molar-refractivity contribution in [1.29, 1.82) is 0 Å². The molecule has 4 rings (SSSR count). The van der Waals surface area contributed by atoms with E-state index in [0.717, 1.165) is 31.0 Å². The third-order valence-corrected chi connectivity index (χ3v) is 4.28. The Kier molecular flexibility index (Phi) is 4.45. The topological polar surface area (TPSA) is 98.9 Å². The van der Waals surface area contributed by atoms with Gasteiger partial charge in [-0.1, -0.05) is 30.3 Å². The number of piperazine rings is 1. The van der Waals surface area contributed by atoms with Gasteiger partial charge in [0.05, 0.1) is 13.2 Å². The van der Waals surface area contributed by atoms with Crippen LogP contribution in [0.2, 0.25) is 0 Å². The molecule has 8 nitrogen and oxygen atoms in total. The van der Waals surface area contributed by atoms with Crippen LogP contribution in [-0.2, 0) is 11.3 Å². The van der Waals surface area contributed by atoms with Gasteiger partial charge in [0.2, 0.25) is 0 Å². The third kappa shape index (κ3) is 3.54. The van der Waals surface area contributed by atoms with Gasteiger partial charge >= 0.3 is 5.69 Å². The van der Waals surface area contributed by atoms with Gasteiger partial charge in [0.1, 0.15) is 11.8 Å². The molecule has 1 fully saturated rings. The summed E-state index contributed by atoms with van der Waals surface area (Å²) in [6.07, 6.45) is 1.48. The summed E-state index contributed by atoms with van der Waals surface area (Å²) in [6, 6.07) is 10.3. The summed E-state index contributed by atoms with van der Waals surface area (Å²) in [7, 11) is 0. The van der Waals surface area contributed by atoms with Crippen molar-refractivity contribution in [2.24, 2.45) is 0 Å². The summed E-state index contributed by atoms with van der Waals surface area (Å²) in [5.41, 5.74) is 2.08. The minimum atomic E-state index is -0.269. The first-order chi connectivity index (χ1) is 12.3. The van der Waals surface area contributed by atoms with Gasteiger partial charge in [-0.25, -0.2) is 14.8 Å². The molecule has 3 aromatic rings. The predicted molar refractivity (Wildman–Crippen MR) is 94.6 cm³/mol. The second kappa shape index (κ2) is 7.04. The van der Waals surface area contributed by atoms with E-state index in [-0.39, 0.29) is 11.7 Å². The lowest BCUT2D eigenvalue weighted by molar-refractivity contribution is 0.0971. The van der Waals surface area contributed by atoms with Crippen molar-refractivity contribution in [3.8, 4) is 0 Å². The molecular formula is C17H20N6O2. The lowest BCUT2D eigenvalue weighted by atomic mass is 10.2. The first-order valence-electron chi connectivity index (χ1n) is 8.32. The van der Waals surface area contributed by atoms with Crippen LogP contribution in [0, 0.1) is 0 Å². The van der Waals surface area contributed by atoms with E-state index in [1.54, 1.807) is 0 Å². The number of imidazole rings is 1. The Morgan fingerprint density at radius 2 is 2.08 bits per heavy atom. The number of benzene rings is 1. The number of aromatic amines is 2. The Bertz CT molecular complexity index is 891. The average molecular weight is 340 g/mol.